The van der Waals surface area contributed by atoms with E-state index in [0.29, 0.717) is 11.4 Å². The Morgan fingerprint density at radius 1 is 1.62 bits per heavy atom. The maximum atomic E-state index is 5.55. The highest BCUT2D eigenvalue weighted by molar-refractivity contribution is 9.09. The van der Waals surface area contributed by atoms with Crippen LogP contribution < -0.4 is 5.73 Å². The lowest BCUT2D eigenvalue weighted by Gasteiger charge is -1.95. The van der Waals surface area contributed by atoms with Crippen molar-refractivity contribution in [3.05, 3.63) is 17.0 Å². The maximum Gasteiger partial charge on any atom is 0.224 e. The molecule has 0 aliphatic carbocycles. The van der Waals surface area contributed by atoms with Gasteiger partial charge in [-0.2, -0.15) is 4.98 Å². The maximum absolute atomic E-state index is 5.55. The minimum Gasteiger partial charge on any atom is -0.383 e. The summed E-state index contributed by atoms with van der Waals surface area (Å²) in [4.78, 5) is 7.55. The fourth-order valence-electron chi connectivity index (χ4n) is 0.674. The first kappa shape index (κ1) is 10.3. The topological polar surface area (TPSA) is 51.8 Å². The van der Waals surface area contributed by atoms with Gasteiger partial charge in [-0.1, -0.05) is 27.8 Å². The summed E-state index contributed by atoms with van der Waals surface area (Å²) in [5.74, 6) is 6.09. The number of halogens is 2. The van der Waals surface area contributed by atoms with Gasteiger partial charge in [-0.15, -0.1) is 0 Å². The van der Waals surface area contributed by atoms with Crippen LogP contribution in [0.2, 0.25) is 5.28 Å². The third kappa shape index (κ3) is 3.21. The lowest BCUT2D eigenvalue weighted by Crippen LogP contribution is -1.96. The molecule has 1 aromatic heterocycles. The molecule has 0 aliphatic rings. The fourth-order valence-corrected chi connectivity index (χ4v) is 1.01. The number of anilines is 1. The highest BCUT2D eigenvalue weighted by Gasteiger charge is 1.98. The molecule has 0 atom stereocenters. The molecule has 0 amide bonds. The largest absolute Gasteiger partial charge is 0.383 e. The number of aromatic nitrogens is 2. The molecule has 0 saturated heterocycles. The van der Waals surface area contributed by atoms with Crippen molar-refractivity contribution in [2.45, 2.75) is 6.42 Å². The first-order chi connectivity index (χ1) is 6.24. The Morgan fingerprint density at radius 3 is 3.00 bits per heavy atom. The summed E-state index contributed by atoms with van der Waals surface area (Å²) in [5.41, 5.74) is 6.17. The zero-order chi connectivity index (χ0) is 9.68. The molecule has 1 heterocycles. The van der Waals surface area contributed by atoms with Crippen LogP contribution in [0.4, 0.5) is 5.82 Å². The molecule has 0 bridgehead atoms. The standard InChI is InChI=1S/C8H7BrClN3/c9-4-2-1-3-6-5-12-8(10)13-7(6)11/h5H,2,4H2,(H2,11,12,13). The highest BCUT2D eigenvalue weighted by atomic mass is 79.9. The summed E-state index contributed by atoms with van der Waals surface area (Å²) in [5, 5.41) is 0.984. The summed E-state index contributed by atoms with van der Waals surface area (Å²) in [6, 6.07) is 0. The van der Waals surface area contributed by atoms with Crippen LogP contribution in [0.15, 0.2) is 6.20 Å². The molecule has 0 aromatic carbocycles. The Bertz CT molecular complexity index is 356. The number of hydrogen-bond acceptors (Lipinski definition) is 3. The van der Waals surface area contributed by atoms with E-state index in [0.717, 1.165) is 11.8 Å². The van der Waals surface area contributed by atoms with Crippen LogP contribution in [0.5, 0.6) is 0 Å². The van der Waals surface area contributed by atoms with Crippen molar-refractivity contribution in [2.75, 3.05) is 11.1 Å². The van der Waals surface area contributed by atoms with Gasteiger partial charge in [0.25, 0.3) is 0 Å². The number of nitrogen functional groups attached to an aromatic ring is 1. The number of nitrogens with two attached hydrogens (primary N) is 1. The number of alkyl halides is 1. The molecular formula is C8H7BrClN3. The fraction of sp³-hybridized carbons (Fsp3) is 0.250. The van der Waals surface area contributed by atoms with Crippen LogP contribution in [-0.2, 0) is 0 Å². The molecule has 0 radical (unpaired) electrons. The van der Waals surface area contributed by atoms with Gasteiger partial charge in [-0.3, -0.25) is 0 Å². The molecule has 1 aromatic rings. The van der Waals surface area contributed by atoms with Gasteiger partial charge in [0, 0.05) is 17.9 Å². The van der Waals surface area contributed by atoms with E-state index in [9.17, 15) is 0 Å². The van der Waals surface area contributed by atoms with Crippen molar-refractivity contribution in [1.82, 2.24) is 9.97 Å². The third-order valence-corrected chi connectivity index (χ3v) is 1.81. The van der Waals surface area contributed by atoms with E-state index in [1.54, 1.807) is 0 Å². The van der Waals surface area contributed by atoms with Crippen molar-refractivity contribution >= 4 is 33.3 Å². The Kier molecular flexibility index (Phi) is 4.00. The Morgan fingerprint density at radius 2 is 2.38 bits per heavy atom. The van der Waals surface area contributed by atoms with Crippen LogP contribution in [0.25, 0.3) is 0 Å². The molecule has 2 N–H and O–H groups in total. The predicted octanol–water partition coefficient (Wildman–Crippen LogP) is 1.85. The van der Waals surface area contributed by atoms with E-state index in [2.05, 4.69) is 37.7 Å². The Balaban J connectivity index is 2.85. The second-order valence-electron chi connectivity index (χ2n) is 2.18. The summed E-state index contributed by atoms with van der Waals surface area (Å²) < 4.78 is 0. The van der Waals surface area contributed by atoms with E-state index in [1.165, 1.54) is 6.20 Å². The quantitative estimate of drug-likeness (QED) is 0.476. The summed E-state index contributed by atoms with van der Waals surface area (Å²) >= 11 is 8.79. The smallest absolute Gasteiger partial charge is 0.224 e. The van der Waals surface area contributed by atoms with Crippen molar-refractivity contribution in [1.29, 1.82) is 0 Å². The normalized spacial score (nSPS) is 9.08. The van der Waals surface area contributed by atoms with Crippen molar-refractivity contribution < 1.29 is 0 Å². The second kappa shape index (κ2) is 5.05. The number of hydrogen-bond donors (Lipinski definition) is 1. The zero-order valence-electron chi connectivity index (χ0n) is 6.72. The van der Waals surface area contributed by atoms with Gasteiger partial charge in [0.2, 0.25) is 5.28 Å². The van der Waals surface area contributed by atoms with Gasteiger partial charge in [-0.25, -0.2) is 4.98 Å². The molecule has 3 nitrogen and oxygen atoms in total. The first-order valence-electron chi connectivity index (χ1n) is 3.57. The lowest BCUT2D eigenvalue weighted by molar-refractivity contribution is 1.16. The summed E-state index contributed by atoms with van der Waals surface area (Å²) in [7, 11) is 0. The predicted molar refractivity (Wildman–Crippen MR) is 56.7 cm³/mol. The van der Waals surface area contributed by atoms with Gasteiger partial charge < -0.3 is 5.73 Å². The first-order valence-corrected chi connectivity index (χ1v) is 5.07. The van der Waals surface area contributed by atoms with E-state index in [-0.39, 0.29) is 5.28 Å². The molecule has 0 saturated carbocycles. The molecule has 0 fully saturated rings. The van der Waals surface area contributed by atoms with Gasteiger partial charge in [0.05, 0.1) is 5.56 Å². The molecule has 0 aliphatic heterocycles. The number of rotatable bonds is 1. The van der Waals surface area contributed by atoms with Gasteiger partial charge in [0.1, 0.15) is 5.82 Å². The van der Waals surface area contributed by atoms with Crippen molar-refractivity contribution in [3.63, 3.8) is 0 Å². The average Bonchev–Trinajstić information content (AvgIpc) is 2.09. The van der Waals surface area contributed by atoms with Crippen LogP contribution in [0.1, 0.15) is 12.0 Å². The van der Waals surface area contributed by atoms with E-state index < -0.39 is 0 Å². The van der Waals surface area contributed by atoms with Gasteiger partial charge in [0.15, 0.2) is 0 Å². The SMILES string of the molecule is Nc1nc(Cl)ncc1C#CCCBr. The third-order valence-electron chi connectivity index (χ3n) is 1.23. The molecular weight excluding hydrogens is 253 g/mol. The molecule has 0 spiro atoms. The summed E-state index contributed by atoms with van der Waals surface area (Å²) in [6.07, 6.45) is 2.29. The van der Waals surface area contributed by atoms with Crippen LogP contribution in [0, 0.1) is 11.8 Å². The number of nitrogens with zero attached hydrogens (tertiary/aromatic N) is 2. The van der Waals surface area contributed by atoms with Crippen LogP contribution in [-0.4, -0.2) is 15.3 Å². The average molecular weight is 261 g/mol. The van der Waals surface area contributed by atoms with Gasteiger partial charge in [-0.05, 0) is 11.6 Å². The molecule has 13 heavy (non-hydrogen) atoms. The minimum absolute atomic E-state index is 0.142. The van der Waals surface area contributed by atoms with Crippen molar-refractivity contribution in [2.24, 2.45) is 0 Å². The van der Waals surface area contributed by atoms with E-state index in [1.807, 2.05) is 0 Å². The molecule has 0 unspecified atom stereocenters. The minimum atomic E-state index is 0.142. The van der Waals surface area contributed by atoms with Gasteiger partial charge >= 0.3 is 0 Å². The molecule has 5 heteroatoms. The molecule has 1 rings (SSSR count). The van der Waals surface area contributed by atoms with Crippen LogP contribution in [0.3, 0.4) is 0 Å². The zero-order valence-corrected chi connectivity index (χ0v) is 9.06. The van der Waals surface area contributed by atoms with E-state index in [4.69, 9.17) is 17.3 Å². The summed E-state index contributed by atoms with van der Waals surface area (Å²) in [6.45, 7) is 0. The Labute approximate surface area is 89.8 Å². The van der Waals surface area contributed by atoms with E-state index >= 15 is 0 Å². The lowest BCUT2D eigenvalue weighted by atomic mass is 10.3. The molecule has 68 valence electrons. The second-order valence-corrected chi connectivity index (χ2v) is 3.31. The van der Waals surface area contributed by atoms with Crippen molar-refractivity contribution in [3.8, 4) is 11.8 Å². The highest BCUT2D eigenvalue weighted by Crippen LogP contribution is 2.08. The monoisotopic (exact) mass is 259 g/mol. The Hall–Kier alpha value is -0.790. The van der Waals surface area contributed by atoms with Crippen LogP contribution >= 0.6 is 27.5 Å².